The quantitative estimate of drug-likeness (QED) is 0.454. The zero-order chi connectivity index (χ0) is 18.5. The van der Waals surface area contributed by atoms with Crippen molar-refractivity contribution in [1.29, 1.82) is 0 Å². The van der Waals surface area contributed by atoms with Gasteiger partial charge in [-0.15, -0.1) is 11.8 Å². The fraction of sp³-hybridized carbons (Fsp3) is 0.158. The molecule has 0 aliphatic heterocycles. The Bertz CT molecular complexity index is 938. The summed E-state index contributed by atoms with van der Waals surface area (Å²) >= 11 is 7.51. The highest BCUT2D eigenvalue weighted by atomic mass is 35.5. The second kappa shape index (κ2) is 8.29. The van der Waals surface area contributed by atoms with Gasteiger partial charge in [0, 0.05) is 21.7 Å². The van der Waals surface area contributed by atoms with E-state index < -0.39 is 5.91 Å². The van der Waals surface area contributed by atoms with E-state index in [-0.39, 0.29) is 11.7 Å². The molecule has 0 saturated heterocycles. The lowest BCUT2D eigenvalue weighted by Crippen LogP contribution is -2.16. The van der Waals surface area contributed by atoms with E-state index in [1.54, 1.807) is 36.0 Å². The number of rotatable bonds is 7. The Hall–Kier alpha value is -2.44. The van der Waals surface area contributed by atoms with Crippen LogP contribution in [0.25, 0.3) is 11.0 Å². The maximum absolute atomic E-state index is 12.3. The maximum Gasteiger partial charge on any atom is 0.286 e. The van der Waals surface area contributed by atoms with E-state index in [1.165, 1.54) is 0 Å². The molecule has 3 rings (SSSR count). The number of hydrogen-bond acceptors (Lipinski definition) is 4. The molecule has 0 aliphatic rings. The molecule has 2 amide bonds. The Labute approximate surface area is 159 Å². The minimum Gasteiger partial charge on any atom is -0.449 e. The van der Waals surface area contributed by atoms with E-state index in [1.807, 2.05) is 24.3 Å². The van der Waals surface area contributed by atoms with Crippen molar-refractivity contribution in [2.45, 2.75) is 17.7 Å². The fourth-order valence-electron chi connectivity index (χ4n) is 2.50. The summed E-state index contributed by atoms with van der Waals surface area (Å²) in [5.41, 5.74) is 6.20. The Kier molecular flexibility index (Phi) is 5.85. The number of halogens is 1. The van der Waals surface area contributed by atoms with Crippen LogP contribution in [0.2, 0.25) is 5.02 Å². The molecule has 0 aliphatic carbocycles. The van der Waals surface area contributed by atoms with Gasteiger partial charge in [0.1, 0.15) is 11.3 Å². The summed E-state index contributed by atoms with van der Waals surface area (Å²) in [5.74, 6) is -0.134. The van der Waals surface area contributed by atoms with Crippen LogP contribution in [0.1, 0.15) is 23.4 Å². The summed E-state index contributed by atoms with van der Waals surface area (Å²) in [6.07, 6.45) is 1.03. The molecule has 0 radical (unpaired) electrons. The number of anilines is 1. The zero-order valence-corrected chi connectivity index (χ0v) is 15.4. The van der Waals surface area contributed by atoms with Crippen molar-refractivity contribution in [1.82, 2.24) is 0 Å². The van der Waals surface area contributed by atoms with Crippen LogP contribution >= 0.6 is 23.4 Å². The van der Waals surface area contributed by atoms with Gasteiger partial charge in [0.15, 0.2) is 0 Å². The van der Waals surface area contributed by atoms with Crippen molar-refractivity contribution < 1.29 is 14.0 Å². The number of primary amides is 1. The summed E-state index contributed by atoms with van der Waals surface area (Å²) in [6.45, 7) is 0. The van der Waals surface area contributed by atoms with Crippen molar-refractivity contribution in [2.75, 3.05) is 11.1 Å². The van der Waals surface area contributed by atoms with Crippen LogP contribution < -0.4 is 11.1 Å². The number of nitrogens with one attached hydrogen (secondary N) is 1. The first-order chi connectivity index (χ1) is 12.5. The Morgan fingerprint density at radius 1 is 1.12 bits per heavy atom. The van der Waals surface area contributed by atoms with Crippen molar-refractivity contribution in [3.05, 3.63) is 59.3 Å². The molecule has 3 aromatic rings. The number of benzene rings is 2. The largest absolute Gasteiger partial charge is 0.449 e. The predicted molar refractivity (Wildman–Crippen MR) is 105 cm³/mol. The van der Waals surface area contributed by atoms with Crippen LogP contribution in [0.4, 0.5) is 5.69 Å². The van der Waals surface area contributed by atoms with Gasteiger partial charge in [0.2, 0.25) is 11.7 Å². The van der Waals surface area contributed by atoms with E-state index in [4.69, 9.17) is 21.8 Å². The van der Waals surface area contributed by atoms with Crippen LogP contribution in [0, 0.1) is 0 Å². The third kappa shape index (κ3) is 4.39. The maximum atomic E-state index is 12.3. The van der Waals surface area contributed by atoms with Crippen molar-refractivity contribution in [3.8, 4) is 0 Å². The van der Waals surface area contributed by atoms with Gasteiger partial charge < -0.3 is 15.5 Å². The third-order valence-electron chi connectivity index (χ3n) is 3.71. The zero-order valence-electron chi connectivity index (χ0n) is 13.8. The summed E-state index contributed by atoms with van der Waals surface area (Å²) in [5, 5.41) is 4.12. The molecule has 0 spiro atoms. The first kappa shape index (κ1) is 18.4. The second-order valence-electron chi connectivity index (χ2n) is 5.62. The van der Waals surface area contributed by atoms with E-state index in [0.717, 1.165) is 10.6 Å². The van der Waals surface area contributed by atoms with Crippen molar-refractivity contribution in [3.63, 3.8) is 0 Å². The normalized spacial score (nSPS) is 10.8. The van der Waals surface area contributed by atoms with Gasteiger partial charge in [-0.1, -0.05) is 23.7 Å². The molecule has 0 atom stereocenters. The van der Waals surface area contributed by atoms with Crippen LogP contribution in [0.5, 0.6) is 0 Å². The summed E-state index contributed by atoms with van der Waals surface area (Å²) in [6, 6.07) is 14.7. The van der Waals surface area contributed by atoms with Crippen LogP contribution in [-0.2, 0) is 4.79 Å². The molecule has 134 valence electrons. The van der Waals surface area contributed by atoms with E-state index >= 15 is 0 Å². The number of para-hydroxylation sites is 1. The number of nitrogens with two attached hydrogens (primary N) is 1. The molecule has 0 bridgehead atoms. The fourth-order valence-corrected chi connectivity index (χ4v) is 3.48. The first-order valence-corrected chi connectivity index (χ1v) is 9.40. The van der Waals surface area contributed by atoms with Gasteiger partial charge in [-0.2, -0.15) is 0 Å². The van der Waals surface area contributed by atoms with Crippen LogP contribution in [0.15, 0.2) is 57.8 Å². The minimum atomic E-state index is -0.713. The lowest BCUT2D eigenvalue weighted by atomic mass is 10.2. The smallest absolute Gasteiger partial charge is 0.286 e. The molecule has 5 nitrogen and oxygen atoms in total. The molecule has 26 heavy (non-hydrogen) atoms. The van der Waals surface area contributed by atoms with Gasteiger partial charge in [-0.25, -0.2) is 0 Å². The molecule has 7 heteroatoms. The number of carbonyl (C=O) groups excluding carboxylic acids is 2. The van der Waals surface area contributed by atoms with Gasteiger partial charge in [0.25, 0.3) is 5.91 Å². The minimum absolute atomic E-state index is 0.0323. The SMILES string of the molecule is NC(=O)c1oc2ccccc2c1NC(=O)CCCSc1ccc(Cl)cc1. The molecule has 2 aromatic carbocycles. The number of hydrogen-bond donors (Lipinski definition) is 2. The van der Waals surface area contributed by atoms with E-state index in [0.29, 0.717) is 34.5 Å². The van der Waals surface area contributed by atoms with Gasteiger partial charge in [0.05, 0.1) is 0 Å². The lowest BCUT2D eigenvalue weighted by Gasteiger charge is -2.05. The van der Waals surface area contributed by atoms with E-state index in [9.17, 15) is 9.59 Å². The number of amides is 2. The molecule has 1 heterocycles. The lowest BCUT2D eigenvalue weighted by molar-refractivity contribution is -0.116. The Morgan fingerprint density at radius 3 is 2.58 bits per heavy atom. The molecule has 0 fully saturated rings. The van der Waals surface area contributed by atoms with Crippen LogP contribution in [-0.4, -0.2) is 17.6 Å². The number of fused-ring (bicyclic) bond motifs is 1. The highest BCUT2D eigenvalue weighted by Crippen LogP contribution is 2.30. The van der Waals surface area contributed by atoms with Crippen molar-refractivity contribution in [2.24, 2.45) is 5.73 Å². The molecular formula is C19H17ClN2O3S. The van der Waals surface area contributed by atoms with Crippen LogP contribution in [0.3, 0.4) is 0 Å². The molecule has 0 saturated carbocycles. The summed E-state index contributed by atoms with van der Waals surface area (Å²) in [7, 11) is 0. The summed E-state index contributed by atoms with van der Waals surface area (Å²) < 4.78 is 5.45. The standard InChI is InChI=1S/C19H17ClN2O3S/c20-12-7-9-13(10-8-12)26-11-3-6-16(23)22-17-14-4-1-2-5-15(14)25-18(17)19(21)24/h1-2,4-5,7-10H,3,6,11H2,(H2,21,24)(H,22,23). The van der Waals surface area contributed by atoms with Gasteiger partial charge >= 0.3 is 0 Å². The first-order valence-electron chi connectivity index (χ1n) is 8.04. The summed E-state index contributed by atoms with van der Waals surface area (Å²) in [4.78, 5) is 24.9. The van der Waals surface area contributed by atoms with Crippen molar-refractivity contribution >= 4 is 51.8 Å². The predicted octanol–water partition coefficient (Wildman–Crippen LogP) is 4.70. The topological polar surface area (TPSA) is 85.3 Å². The molecule has 3 N–H and O–H groups in total. The third-order valence-corrected chi connectivity index (χ3v) is 5.06. The molecule has 0 unspecified atom stereocenters. The van der Waals surface area contributed by atoms with Gasteiger partial charge in [-0.3, -0.25) is 9.59 Å². The highest BCUT2D eigenvalue weighted by molar-refractivity contribution is 7.99. The Morgan fingerprint density at radius 2 is 1.85 bits per heavy atom. The Balaban J connectivity index is 1.58. The monoisotopic (exact) mass is 388 g/mol. The average Bonchev–Trinajstić information content (AvgIpc) is 2.99. The highest BCUT2D eigenvalue weighted by Gasteiger charge is 2.19. The number of furan rings is 1. The van der Waals surface area contributed by atoms with E-state index in [2.05, 4.69) is 5.32 Å². The number of carbonyl (C=O) groups is 2. The average molecular weight is 389 g/mol. The number of thioether (sulfide) groups is 1. The molecule has 1 aromatic heterocycles. The second-order valence-corrected chi connectivity index (χ2v) is 7.23. The van der Waals surface area contributed by atoms with Gasteiger partial charge in [-0.05, 0) is 48.6 Å². The molecular weight excluding hydrogens is 372 g/mol.